The van der Waals surface area contributed by atoms with Gasteiger partial charge >= 0.3 is 0 Å². The third-order valence-electron chi connectivity index (χ3n) is 5.62. The molecule has 0 spiro atoms. The number of aryl methyl sites for hydroxylation is 1. The van der Waals surface area contributed by atoms with Gasteiger partial charge in [0.2, 0.25) is 11.8 Å². The third-order valence-corrected chi connectivity index (χ3v) is 6.67. The van der Waals surface area contributed by atoms with Crippen molar-refractivity contribution < 1.29 is 23.9 Å². The van der Waals surface area contributed by atoms with Gasteiger partial charge in [-0.15, -0.1) is 11.3 Å². The standard InChI is InChI=1S/C25H26N4O5S/c1-14(30)26-16-9-12-20(34-3)19(13-16)27-24(32)18-5-4-6-21-22(18)28-25(35-21)29-23(31)15-7-10-17(33-2)11-8-15/h7-13,18H,4-6H2,1-3H3,(H,26,30)(H,27,32)(H,28,29,31). The summed E-state index contributed by atoms with van der Waals surface area (Å²) in [4.78, 5) is 42.9. The first-order chi connectivity index (χ1) is 16.9. The first-order valence-electron chi connectivity index (χ1n) is 11.1. The molecule has 3 aromatic rings. The largest absolute Gasteiger partial charge is 0.497 e. The number of amides is 3. The highest BCUT2D eigenvalue weighted by Crippen LogP contribution is 2.38. The SMILES string of the molecule is COc1ccc(C(=O)Nc2nc3c(s2)CCCC3C(=O)Nc2cc(NC(C)=O)ccc2OC)cc1. The normalized spacial score (nSPS) is 14.4. The Morgan fingerprint density at radius 2 is 1.77 bits per heavy atom. The molecule has 1 aromatic heterocycles. The van der Waals surface area contributed by atoms with Crippen LogP contribution in [0.2, 0.25) is 0 Å². The fourth-order valence-corrected chi connectivity index (χ4v) is 5.01. The van der Waals surface area contributed by atoms with Crippen LogP contribution in [-0.4, -0.2) is 36.9 Å². The lowest BCUT2D eigenvalue weighted by Gasteiger charge is -2.21. The molecule has 0 saturated carbocycles. The summed E-state index contributed by atoms with van der Waals surface area (Å²) < 4.78 is 10.5. The molecular formula is C25H26N4O5S. The van der Waals surface area contributed by atoms with E-state index in [0.29, 0.717) is 45.7 Å². The second kappa shape index (κ2) is 10.6. The van der Waals surface area contributed by atoms with Gasteiger partial charge in [0.1, 0.15) is 11.5 Å². The van der Waals surface area contributed by atoms with E-state index >= 15 is 0 Å². The Labute approximate surface area is 206 Å². The number of nitrogens with one attached hydrogen (secondary N) is 3. The van der Waals surface area contributed by atoms with Gasteiger partial charge in [0.15, 0.2) is 5.13 Å². The summed E-state index contributed by atoms with van der Waals surface area (Å²) >= 11 is 1.39. The molecule has 0 radical (unpaired) electrons. The Kier molecular flexibility index (Phi) is 7.31. The average Bonchev–Trinajstić information content (AvgIpc) is 3.26. The van der Waals surface area contributed by atoms with Gasteiger partial charge in [-0.2, -0.15) is 0 Å². The van der Waals surface area contributed by atoms with E-state index in [-0.39, 0.29) is 17.7 Å². The molecule has 1 unspecified atom stereocenters. The molecule has 3 amide bonds. The van der Waals surface area contributed by atoms with Crippen LogP contribution < -0.4 is 25.4 Å². The number of fused-ring (bicyclic) bond motifs is 1. The molecule has 1 aliphatic rings. The van der Waals surface area contributed by atoms with E-state index in [1.165, 1.54) is 25.4 Å². The number of hydrogen-bond acceptors (Lipinski definition) is 7. The van der Waals surface area contributed by atoms with Crippen molar-refractivity contribution in [2.45, 2.75) is 32.1 Å². The molecule has 0 saturated heterocycles. The van der Waals surface area contributed by atoms with Crippen LogP contribution in [0.15, 0.2) is 42.5 Å². The van der Waals surface area contributed by atoms with Crippen molar-refractivity contribution in [1.29, 1.82) is 0 Å². The number of carbonyl (C=O) groups excluding carboxylic acids is 3. The number of nitrogens with zero attached hydrogens (tertiary/aromatic N) is 1. The van der Waals surface area contributed by atoms with Gasteiger partial charge in [-0.05, 0) is 61.7 Å². The number of aromatic nitrogens is 1. The first kappa shape index (κ1) is 24.2. The first-order valence-corrected chi connectivity index (χ1v) is 11.9. The number of benzene rings is 2. The van der Waals surface area contributed by atoms with Gasteiger partial charge in [-0.3, -0.25) is 19.7 Å². The number of methoxy groups -OCH3 is 2. The van der Waals surface area contributed by atoms with Crippen LogP contribution in [0, 0.1) is 0 Å². The minimum absolute atomic E-state index is 0.212. The third kappa shape index (κ3) is 5.60. The summed E-state index contributed by atoms with van der Waals surface area (Å²) in [5.41, 5.74) is 2.18. The predicted octanol–water partition coefficient (Wildman–Crippen LogP) is 4.43. The second-order valence-corrected chi connectivity index (χ2v) is 9.12. The second-order valence-electron chi connectivity index (χ2n) is 8.04. The summed E-state index contributed by atoms with van der Waals surface area (Å²) in [5.74, 6) is -0.0257. The molecule has 0 bridgehead atoms. The molecule has 1 heterocycles. The Morgan fingerprint density at radius 1 is 1.00 bits per heavy atom. The maximum atomic E-state index is 13.3. The van der Waals surface area contributed by atoms with E-state index in [2.05, 4.69) is 20.9 Å². The monoisotopic (exact) mass is 494 g/mol. The zero-order chi connectivity index (χ0) is 24.9. The predicted molar refractivity (Wildman–Crippen MR) is 135 cm³/mol. The van der Waals surface area contributed by atoms with Crippen LogP contribution in [0.1, 0.15) is 46.6 Å². The van der Waals surface area contributed by atoms with Gasteiger partial charge < -0.3 is 20.1 Å². The summed E-state index contributed by atoms with van der Waals surface area (Å²) in [6.07, 6.45) is 2.28. The molecule has 2 aromatic carbocycles. The highest BCUT2D eigenvalue weighted by molar-refractivity contribution is 7.16. The van der Waals surface area contributed by atoms with Crippen LogP contribution in [0.5, 0.6) is 11.5 Å². The Balaban J connectivity index is 1.51. The smallest absolute Gasteiger partial charge is 0.257 e. The molecular weight excluding hydrogens is 468 g/mol. The Morgan fingerprint density at radius 3 is 2.46 bits per heavy atom. The zero-order valence-corrected chi connectivity index (χ0v) is 20.5. The fraction of sp³-hybridized carbons (Fsp3) is 0.280. The molecule has 4 rings (SSSR count). The molecule has 0 aliphatic heterocycles. The summed E-state index contributed by atoms with van der Waals surface area (Å²) in [7, 11) is 3.08. The minimum atomic E-state index is -0.462. The molecule has 1 aliphatic carbocycles. The van der Waals surface area contributed by atoms with Crippen molar-refractivity contribution in [3.63, 3.8) is 0 Å². The number of ether oxygens (including phenoxy) is 2. The van der Waals surface area contributed by atoms with E-state index in [9.17, 15) is 14.4 Å². The zero-order valence-electron chi connectivity index (χ0n) is 19.6. The maximum absolute atomic E-state index is 13.3. The lowest BCUT2D eigenvalue weighted by molar-refractivity contribution is -0.118. The van der Waals surface area contributed by atoms with Crippen LogP contribution >= 0.6 is 11.3 Å². The fourth-order valence-electron chi connectivity index (χ4n) is 3.95. The molecule has 1 atom stereocenters. The maximum Gasteiger partial charge on any atom is 0.257 e. The van der Waals surface area contributed by atoms with E-state index in [4.69, 9.17) is 9.47 Å². The van der Waals surface area contributed by atoms with E-state index in [0.717, 1.165) is 17.7 Å². The van der Waals surface area contributed by atoms with E-state index in [1.54, 1.807) is 49.6 Å². The van der Waals surface area contributed by atoms with Crippen LogP contribution in [0.3, 0.4) is 0 Å². The number of carbonyl (C=O) groups is 3. The molecule has 10 heteroatoms. The van der Waals surface area contributed by atoms with Gasteiger partial charge in [0.25, 0.3) is 5.91 Å². The Bertz CT molecular complexity index is 1260. The van der Waals surface area contributed by atoms with E-state index < -0.39 is 5.92 Å². The van der Waals surface area contributed by atoms with Crippen molar-refractivity contribution in [3.8, 4) is 11.5 Å². The number of hydrogen-bond donors (Lipinski definition) is 3. The lowest BCUT2D eigenvalue weighted by atomic mass is 9.90. The topological polar surface area (TPSA) is 119 Å². The number of thiazole rings is 1. The van der Waals surface area contributed by atoms with Crippen molar-refractivity contribution in [3.05, 3.63) is 58.6 Å². The van der Waals surface area contributed by atoms with Crippen molar-refractivity contribution in [1.82, 2.24) is 4.98 Å². The Hall–Kier alpha value is -3.92. The molecule has 182 valence electrons. The van der Waals surface area contributed by atoms with Gasteiger partial charge in [0, 0.05) is 23.1 Å². The average molecular weight is 495 g/mol. The summed E-state index contributed by atoms with van der Waals surface area (Å²) in [5, 5.41) is 8.93. The van der Waals surface area contributed by atoms with Crippen molar-refractivity contribution >= 4 is 45.6 Å². The van der Waals surface area contributed by atoms with Crippen LogP contribution in [0.25, 0.3) is 0 Å². The molecule has 0 fully saturated rings. The van der Waals surface area contributed by atoms with Crippen LogP contribution in [0.4, 0.5) is 16.5 Å². The highest BCUT2D eigenvalue weighted by atomic mass is 32.1. The molecule has 35 heavy (non-hydrogen) atoms. The minimum Gasteiger partial charge on any atom is -0.497 e. The van der Waals surface area contributed by atoms with Crippen LogP contribution in [-0.2, 0) is 16.0 Å². The van der Waals surface area contributed by atoms with Gasteiger partial charge in [-0.25, -0.2) is 4.98 Å². The molecule has 3 N–H and O–H groups in total. The highest BCUT2D eigenvalue weighted by Gasteiger charge is 2.31. The van der Waals surface area contributed by atoms with Gasteiger partial charge in [0.05, 0.1) is 31.5 Å². The number of anilines is 3. The van der Waals surface area contributed by atoms with E-state index in [1.807, 2.05) is 0 Å². The summed E-state index contributed by atoms with van der Waals surface area (Å²) in [6, 6.07) is 11.8. The van der Waals surface area contributed by atoms with Gasteiger partial charge in [-0.1, -0.05) is 0 Å². The van der Waals surface area contributed by atoms with Crippen molar-refractivity contribution in [2.24, 2.45) is 0 Å². The quantitative estimate of drug-likeness (QED) is 0.447. The lowest BCUT2D eigenvalue weighted by Crippen LogP contribution is -2.25. The summed E-state index contributed by atoms with van der Waals surface area (Å²) in [6.45, 7) is 1.42. The van der Waals surface area contributed by atoms with Crippen molar-refractivity contribution in [2.75, 3.05) is 30.2 Å². The number of rotatable bonds is 7. The molecule has 9 nitrogen and oxygen atoms in total.